The topological polar surface area (TPSA) is 120 Å². The summed E-state index contributed by atoms with van der Waals surface area (Å²) in [4.78, 5) is 26.6. The van der Waals surface area contributed by atoms with Crippen molar-refractivity contribution in [1.29, 1.82) is 0 Å². The van der Waals surface area contributed by atoms with Crippen LogP contribution in [0.2, 0.25) is 5.02 Å². The van der Waals surface area contributed by atoms with Gasteiger partial charge in [-0.25, -0.2) is 9.97 Å². The third-order valence-electron chi connectivity index (χ3n) is 5.11. The van der Waals surface area contributed by atoms with Crippen molar-refractivity contribution in [3.05, 3.63) is 53.4 Å². The third kappa shape index (κ3) is 9.76. The van der Waals surface area contributed by atoms with Gasteiger partial charge in [0.25, 0.3) is 0 Å². The van der Waals surface area contributed by atoms with E-state index < -0.39 is 5.54 Å². The van der Waals surface area contributed by atoms with Gasteiger partial charge in [-0.3, -0.25) is 4.79 Å². The molecule has 1 fully saturated rings. The molecule has 3 aromatic rings. The molecular weight excluding hydrogens is 476 g/mol. The van der Waals surface area contributed by atoms with E-state index in [-0.39, 0.29) is 12.5 Å². The minimum absolute atomic E-state index is 0.119. The first kappa shape index (κ1) is 31.4. The van der Waals surface area contributed by atoms with Crippen molar-refractivity contribution in [2.75, 3.05) is 24.6 Å². The number of hydrogen-bond donors (Lipinski definition) is 4. The van der Waals surface area contributed by atoms with E-state index in [0.717, 1.165) is 22.4 Å². The van der Waals surface area contributed by atoms with Gasteiger partial charge >= 0.3 is 0 Å². The molecule has 36 heavy (non-hydrogen) atoms. The van der Waals surface area contributed by atoms with Crippen molar-refractivity contribution in [3.8, 4) is 0 Å². The van der Waals surface area contributed by atoms with Crippen molar-refractivity contribution in [1.82, 2.24) is 20.3 Å². The van der Waals surface area contributed by atoms with Gasteiger partial charge in [-0.15, -0.1) is 0 Å². The lowest BCUT2D eigenvalue weighted by molar-refractivity contribution is -0.127. The number of piperidine rings is 1. The Morgan fingerprint density at radius 1 is 1.08 bits per heavy atom. The fraction of sp³-hybridized carbons (Fsp3) is 0.519. The molecule has 8 nitrogen and oxygen atoms in total. The number of aliphatic hydroxyl groups excluding tert-OH is 1. The molecule has 0 spiro atoms. The summed E-state index contributed by atoms with van der Waals surface area (Å²) in [5.41, 5.74) is 7.36. The molecule has 0 saturated carbocycles. The van der Waals surface area contributed by atoms with Crippen molar-refractivity contribution < 1.29 is 9.90 Å². The molecule has 4 rings (SSSR count). The molecule has 1 amide bonds. The minimum atomic E-state index is -0.868. The second-order valence-electron chi connectivity index (χ2n) is 8.62. The van der Waals surface area contributed by atoms with Crippen molar-refractivity contribution >= 4 is 34.4 Å². The number of aliphatic hydroxyl groups is 1. The van der Waals surface area contributed by atoms with E-state index in [2.05, 4.69) is 52.9 Å². The summed E-state index contributed by atoms with van der Waals surface area (Å²) in [6.45, 7) is 12.2. The maximum Gasteiger partial charge on any atom is 0.240 e. The number of carbonyl (C=O) groups is 1. The van der Waals surface area contributed by atoms with Gasteiger partial charge in [0.2, 0.25) is 5.91 Å². The molecule has 2 aromatic heterocycles. The molecule has 3 heterocycles. The van der Waals surface area contributed by atoms with Crippen LogP contribution in [0.3, 0.4) is 0 Å². The van der Waals surface area contributed by atoms with Gasteiger partial charge < -0.3 is 26.0 Å². The van der Waals surface area contributed by atoms with Crippen LogP contribution >= 0.6 is 11.6 Å². The minimum Gasteiger partial charge on any atom is -0.397 e. The molecule has 0 bridgehead atoms. The molecule has 5 N–H and O–H groups in total. The van der Waals surface area contributed by atoms with Crippen LogP contribution in [0.5, 0.6) is 0 Å². The smallest absolute Gasteiger partial charge is 0.240 e. The normalized spacial score (nSPS) is 13.8. The lowest BCUT2D eigenvalue weighted by Gasteiger charge is -2.38. The number of nitrogens with two attached hydrogens (primary N) is 1. The lowest BCUT2D eigenvalue weighted by atomic mass is 9.87. The zero-order chi connectivity index (χ0) is 27.0. The average Bonchev–Trinajstić information content (AvgIpc) is 3.35. The van der Waals surface area contributed by atoms with E-state index in [9.17, 15) is 4.79 Å². The van der Waals surface area contributed by atoms with Gasteiger partial charge in [0.15, 0.2) is 0 Å². The molecule has 1 saturated heterocycles. The summed E-state index contributed by atoms with van der Waals surface area (Å²) in [6.07, 6.45) is 7.03. The van der Waals surface area contributed by atoms with E-state index >= 15 is 0 Å². The zero-order valence-electron chi connectivity index (χ0n) is 22.4. The molecule has 0 radical (unpaired) electrons. The molecule has 200 valence electrons. The van der Waals surface area contributed by atoms with Gasteiger partial charge in [0.1, 0.15) is 17.8 Å². The molecule has 0 aliphatic carbocycles. The monoisotopic (exact) mass is 518 g/mol. The number of nitrogens with zero attached hydrogens (tertiary/aromatic N) is 3. The number of hydrogen-bond acceptors (Lipinski definition) is 6. The predicted molar refractivity (Wildman–Crippen MR) is 150 cm³/mol. The zero-order valence-corrected chi connectivity index (χ0v) is 23.1. The first-order valence-corrected chi connectivity index (χ1v) is 13.1. The van der Waals surface area contributed by atoms with Crippen molar-refractivity contribution in [3.63, 3.8) is 0 Å². The Morgan fingerprint density at radius 2 is 1.64 bits per heavy atom. The Bertz CT molecular complexity index is 996. The Kier molecular flexibility index (Phi) is 14.7. The number of aromatic nitrogens is 3. The van der Waals surface area contributed by atoms with Crippen LogP contribution in [0.1, 0.15) is 65.9 Å². The van der Waals surface area contributed by atoms with E-state index in [4.69, 9.17) is 22.4 Å². The van der Waals surface area contributed by atoms with Crippen LogP contribution in [0.4, 0.5) is 5.82 Å². The number of carbonyl (C=O) groups excluding carboxylic acids is 1. The largest absolute Gasteiger partial charge is 0.397 e. The van der Waals surface area contributed by atoms with Gasteiger partial charge in [0.05, 0.1) is 10.9 Å². The van der Waals surface area contributed by atoms with Gasteiger partial charge in [-0.2, -0.15) is 0 Å². The number of nitrogens with one attached hydrogen (secondary N) is 2. The Labute approximate surface area is 220 Å². The summed E-state index contributed by atoms with van der Waals surface area (Å²) in [5.74, 6) is 0.761. The molecule has 0 unspecified atom stereocenters. The first-order chi connectivity index (χ1) is 17.3. The van der Waals surface area contributed by atoms with Crippen molar-refractivity contribution in [2.45, 2.75) is 72.4 Å². The highest BCUT2D eigenvalue weighted by Crippen LogP contribution is 2.28. The Balaban J connectivity index is 0.000000633. The Morgan fingerprint density at radius 3 is 2.19 bits per heavy atom. The summed E-state index contributed by atoms with van der Waals surface area (Å²) < 4.78 is 0. The van der Waals surface area contributed by atoms with Crippen LogP contribution in [0.15, 0.2) is 42.9 Å². The summed E-state index contributed by atoms with van der Waals surface area (Å²) in [7, 11) is 0. The molecule has 1 aromatic carbocycles. The van der Waals surface area contributed by atoms with Crippen LogP contribution in [-0.2, 0) is 11.3 Å². The van der Waals surface area contributed by atoms with Crippen LogP contribution < -0.4 is 16.0 Å². The van der Waals surface area contributed by atoms with E-state index in [1.165, 1.54) is 12.8 Å². The average molecular weight is 519 g/mol. The second kappa shape index (κ2) is 16.9. The highest BCUT2D eigenvalue weighted by atomic mass is 35.5. The molecular formula is C27H43ClN6O2. The quantitative estimate of drug-likeness (QED) is 0.383. The predicted octanol–water partition coefficient (Wildman–Crippen LogP) is 5.06. The van der Waals surface area contributed by atoms with Gasteiger partial charge in [-0.05, 0) is 43.5 Å². The summed E-state index contributed by atoms with van der Waals surface area (Å²) in [6, 6.07) is 9.37. The fourth-order valence-corrected chi connectivity index (χ4v) is 3.54. The molecule has 0 atom stereocenters. The number of rotatable bonds is 4. The van der Waals surface area contributed by atoms with Gasteiger partial charge in [0, 0.05) is 37.5 Å². The maximum absolute atomic E-state index is 12.7. The Hall–Kier alpha value is -2.68. The number of anilines is 1. The van der Waals surface area contributed by atoms with E-state index in [1.807, 2.05) is 36.5 Å². The standard InChI is InChI=1S/C19H21ClN6O.2C3H8.C2H6O/c20-14-3-1-13(2-4-14)11-23-18(27)19(21)6-9-26(10-7-19)17-15-5-8-22-16(15)24-12-25-17;2*1-3-2;1-2-3/h1-5,8,12H,6-7,9-11,21H2,(H,23,27)(H,22,24,25);2*3H2,1-2H3;3H,2H2,1H3. The van der Waals surface area contributed by atoms with E-state index in [1.54, 1.807) is 13.3 Å². The maximum atomic E-state index is 12.7. The molecule has 9 heteroatoms. The number of fused-ring (bicyclic) bond motifs is 1. The number of aromatic amines is 1. The highest BCUT2D eigenvalue weighted by molar-refractivity contribution is 6.30. The number of benzene rings is 1. The first-order valence-electron chi connectivity index (χ1n) is 12.7. The van der Waals surface area contributed by atoms with Crippen LogP contribution in [-0.4, -0.2) is 51.2 Å². The van der Waals surface area contributed by atoms with Crippen LogP contribution in [0, 0.1) is 0 Å². The second-order valence-corrected chi connectivity index (χ2v) is 9.06. The number of amides is 1. The van der Waals surface area contributed by atoms with Crippen molar-refractivity contribution in [2.24, 2.45) is 5.73 Å². The van der Waals surface area contributed by atoms with Crippen LogP contribution in [0.25, 0.3) is 11.0 Å². The fourth-order valence-electron chi connectivity index (χ4n) is 3.42. The lowest BCUT2D eigenvalue weighted by Crippen LogP contribution is -2.59. The van der Waals surface area contributed by atoms with Gasteiger partial charge in [-0.1, -0.05) is 64.3 Å². The highest BCUT2D eigenvalue weighted by Gasteiger charge is 2.38. The SMILES string of the molecule is CCC.CCC.CCO.NC1(C(=O)NCc2ccc(Cl)cc2)CCN(c2ncnc3[nH]ccc23)CC1. The van der Waals surface area contributed by atoms with E-state index in [0.29, 0.717) is 37.5 Å². The number of H-pyrrole nitrogens is 1. The number of halogens is 1. The summed E-state index contributed by atoms with van der Waals surface area (Å²) in [5, 5.41) is 12.2. The molecule has 1 aliphatic heterocycles. The summed E-state index contributed by atoms with van der Waals surface area (Å²) >= 11 is 5.89. The molecule has 1 aliphatic rings. The third-order valence-corrected chi connectivity index (χ3v) is 5.36.